The first-order valence-corrected chi connectivity index (χ1v) is 3.93. The Kier molecular flexibility index (Phi) is 1.75. The van der Waals surface area contributed by atoms with Crippen LogP contribution in [0, 0.1) is 0 Å². The summed E-state index contributed by atoms with van der Waals surface area (Å²) in [5, 5.41) is 8.85. The summed E-state index contributed by atoms with van der Waals surface area (Å²) < 4.78 is 5.32. The van der Waals surface area contributed by atoms with Gasteiger partial charge in [-0.2, -0.15) is 0 Å². The Balaban J connectivity index is 2.41. The van der Waals surface area contributed by atoms with E-state index in [4.69, 9.17) is 15.6 Å². The Morgan fingerprint density at radius 2 is 2.42 bits per heavy atom. The number of benzene rings is 1. The number of fused-ring (bicyclic) bond motifs is 1. The Bertz CT molecular complexity index is 299. The van der Waals surface area contributed by atoms with Gasteiger partial charge in [0.1, 0.15) is 12.4 Å². The highest BCUT2D eigenvalue weighted by Crippen LogP contribution is 2.31. The van der Waals surface area contributed by atoms with Crippen LogP contribution in [0.4, 0.5) is 0 Å². The topological polar surface area (TPSA) is 55.5 Å². The normalized spacial score (nSPS) is 20.3. The van der Waals surface area contributed by atoms with E-state index in [1.54, 1.807) is 0 Å². The fourth-order valence-corrected chi connectivity index (χ4v) is 1.38. The van der Waals surface area contributed by atoms with Crippen LogP contribution in [0.2, 0.25) is 0 Å². The van der Waals surface area contributed by atoms with E-state index in [9.17, 15) is 0 Å². The molecule has 64 valence electrons. The summed E-state index contributed by atoms with van der Waals surface area (Å²) in [5.41, 5.74) is 7.65. The summed E-state index contributed by atoms with van der Waals surface area (Å²) in [6.45, 7) is 0.593. The third-order valence-electron chi connectivity index (χ3n) is 2.08. The fourth-order valence-electron chi connectivity index (χ4n) is 1.38. The molecule has 3 nitrogen and oxygen atoms in total. The first-order valence-electron chi connectivity index (χ1n) is 3.93. The largest absolute Gasteiger partial charge is 0.491 e. The first-order chi connectivity index (χ1) is 5.81. The maximum atomic E-state index is 8.85. The van der Waals surface area contributed by atoms with E-state index in [1.165, 1.54) is 0 Å². The van der Waals surface area contributed by atoms with E-state index in [0.717, 1.165) is 16.9 Å². The zero-order valence-corrected chi connectivity index (χ0v) is 6.66. The summed E-state index contributed by atoms with van der Waals surface area (Å²) in [6, 6.07) is 5.61. The molecule has 0 saturated heterocycles. The molecule has 1 aliphatic rings. The zero-order chi connectivity index (χ0) is 8.55. The predicted octanol–water partition coefficient (Wildman–Crippen LogP) is 0.571. The van der Waals surface area contributed by atoms with Gasteiger partial charge in [0.05, 0.1) is 12.6 Å². The van der Waals surface area contributed by atoms with Crippen LogP contribution in [0.3, 0.4) is 0 Å². The van der Waals surface area contributed by atoms with Crippen molar-refractivity contribution in [2.24, 2.45) is 5.73 Å². The van der Waals surface area contributed by atoms with Crippen molar-refractivity contribution in [3.63, 3.8) is 0 Å². The van der Waals surface area contributed by atoms with Crippen molar-refractivity contribution in [3.8, 4) is 5.75 Å². The van der Waals surface area contributed by atoms with Crippen molar-refractivity contribution < 1.29 is 9.84 Å². The van der Waals surface area contributed by atoms with E-state index in [2.05, 4.69) is 0 Å². The molecular formula is C9H11NO2. The van der Waals surface area contributed by atoms with Crippen LogP contribution in [0.1, 0.15) is 17.2 Å². The molecule has 0 spiro atoms. The van der Waals surface area contributed by atoms with Gasteiger partial charge in [0.15, 0.2) is 0 Å². The van der Waals surface area contributed by atoms with Gasteiger partial charge in [-0.15, -0.1) is 0 Å². The van der Waals surface area contributed by atoms with E-state index < -0.39 is 0 Å². The van der Waals surface area contributed by atoms with Crippen LogP contribution >= 0.6 is 0 Å². The first kappa shape index (κ1) is 7.58. The molecule has 3 N–H and O–H groups in total. The van der Waals surface area contributed by atoms with Crippen molar-refractivity contribution in [3.05, 3.63) is 29.3 Å². The summed E-state index contributed by atoms with van der Waals surface area (Å²) in [7, 11) is 0. The molecule has 1 aromatic carbocycles. The number of hydrogen-bond acceptors (Lipinski definition) is 3. The zero-order valence-electron chi connectivity index (χ0n) is 6.66. The number of aliphatic hydroxyl groups excluding tert-OH is 1. The molecule has 0 aromatic heterocycles. The quantitative estimate of drug-likeness (QED) is 0.639. The van der Waals surface area contributed by atoms with E-state index in [-0.39, 0.29) is 12.6 Å². The summed E-state index contributed by atoms with van der Waals surface area (Å²) >= 11 is 0. The standard InChI is InChI=1S/C9H11NO2/c10-8-5-12-9-3-6(4-11)1-2-7(8)9/h1-3,8,11H,4-5,10H2/t8-/m1/s1. The van der Waals surface area contributed by atoms with Gasteiger partial charge >= 0.3 is 0 Å². The van der Waals surface area contributed by atoms with Crippen LogP contribution in [0.15, 0.2) is 18.2 Å². The molecule has 1 aromatic rings. The van der Waals surface area contributed by atoms with Crippen molar-refractivity contribution >= 4 is 0 Å². The van der Waals surface area contributed by atoms with Crippen molar-refractivity contribution in [2.75, 3.05) is 6.61 Å². The van der Waals surface area contributed by atoms with Crippen LogP contribution in [0.5, 0.6) is 5.75 Å². The van der Waals surface area contributed by atoms with Gasteiger partial charge in [-0.1, -0.05) is 12.1 Å². The maximum absolute atomic E-state index is 8.85. The lowest BCUT2D eigenvalue weighted by Gasteiger charge is -2.01. The third kappa shape index (κ3) is 1.07. The average Bonchev–Trinajstić information content (AvgIpc) is 2.47. The highest BCUT2D eigenvalue weighted by Gasteiger charge is 2.19. The Morgan fingerprint density at radius 1 is 1.58 bits per heavy atom. The highest BCUT2D eigenvalue weighted by atomic mass is 16.5. The maximum Gasteiger partial charge on any atom is 0.124 e. The van der Waals surface area contributed by atoms with Gasteiger partial charge in [0.25, 0.3) is 0 Å². The molecule has 0 fully saturated rings. The minimum absolute atomic E-state index is 0.00672. The summed E-state index contributed by atoms with van der Waals surface area (Å²) in [6.07, 6.45) is 0. The molecule has 0 saturated carbocycles. The minimum atomic E-state index is -0.00672. The van der Waals surface area contributed by atoms with Gasteiger partial charge in [-0.25, -0.2) is 0 Å². The van der Waals surface area contributed by atoms with Crippen LogP contribution in [0.25, 0.3) is 0 Å². The molecule has 3 heteroatoms. The number of rotatable bonds is 1. The molecule has 12 heavy (non-hydrogen) atoms. The molecule has 1 aliphatic heterocycles. The highest BCUT2D eigenvalue weighted by molar-refractivity contribution is 5.42. The van der Waals surface area contributed by atoms with Gasteiger partial charge < -0.3 is 15.6 Å². The molecule has 0 radical (unpaired) electrons. The molecule has 0 unspecified atom stereocenters. The van der Waals surface area contributed by atoms with Crippen molar-refractivity contribution in [1.29, 1.82) is 0 Å². The van der Waals surface area contributed by atoms with E-state index in [0.29, 0.717) is 6.61 Å². The lowest BCUT2D eigenvalue weighted by molar-refractivity contribution is 0.280. The van der Waals surface area contributed by atoms with E-state index in [1.807, 2.05) is 18.2 Å². The van der Waals surface area contributed by atoms with Crippen LogP contribution in [-0.4, -0.2) is 11.7 Å². The number of nitrogens with two attached hydrogens (primary N) is 1. The summed E-state index contributed by atoms with van der Waals surface area (Å²) in [5.74, 6) is 0.814. The smallest absolute Gasteiger partial charge is 0.124 e. The fraction of sp³-hybridized carbons (Fsp3) is 0.333. The van der Waals surface area contributed by atoms with E-state index >= 15 is 0 Å². The van der Waals surface area contributed by atoms with Crippen molar-refractivity contribution in [1.82, 2.24) is 0 Å². The van der Waals surface area contributed by atoms with Crippen molar-refractivity contribution in [2.45, 2.75) is 12.6 Å². The number of hydrogen-bond donors (Lipinski definition) is 2. The van der Waals surface area contributed by atoms with Crippen LogP contribution in [-0.2, 0) is 6.61 Å². The third-order valence-corrected chi connectivity index (χ3v) is 2.08. The average molecular weight is 165 g/mol. The molecule has 2 rings (SSSR count). The molecule has 1 heterocycles. The second kappa shape index (κ2) is 2.77. The molecule has 1 atom stereocenters. The van der Waals surface area contributed by atoms with Gasteiger partial charge in [0.2, 0.25) is 0 Å². The number of ether oxygens (including phenoxy) is 1. The van der Waals surface area contributed by atoms with Gasteiger partial charge in [0, 0.05) is 5.56 Å². The molecule has 0 aliphatic carbocycles. The lowest BCUT2D eigenvalue weighted by Crippen LogP contribution is -2.10. The van der Waals surface area contributed by atoms with Gasteiger partial charge in [-0.3, -0.25) is 0 Å². The van der Waals surface area contributed by atoms with Gasteiger partial charge in [-0.05, 0) is 11.6 Å². The minimum Gasteiger partial charge on any atom is -0.491 e. The monoisotopic (exact) mass is 165 g/mol. The summed E-state index contributed by atoms with van der Waals surface area (Å²) in [4.78, 5) is 0. The Labute approximate surface area is 70.8 Å². The molecule has 0 bridgehead atoms. The Morgan fingerprint density at radius 3 is 3.17 bits per heavy atom. The SMILES string of the molecule is N[C@@H]1COc2cc(CO)ccc21. The molecule has 0 amide bonds. The second-order valence-corrected chi connectivity index (χ2v) is 2.95. The number of aliphatic hydroxyl groups is 1. The predicted molar refractivity (Wildman–Crippen MR) is 44.8 cm³/mol. The van der Waals surface area contributed by atoms with Crippen LogP contribution < -0.4 is 10.5 Å². The molecular weight excluding hydrogens is 154 g/mol. The Hall–Kier alpha value is -1.06. The second-order valence-electron chi connectivity index (χ2n) is 2.95. The lowest BCUT2D eigenvalue weighted by atomic mass is 10.1.